The maximum Gasteiger partial charge on any atom is 0.360 e. The number of nitrogens with zero attached hydrogens (tertiary/aromatic N) is 3. The van der Waals surface area contributed by atoms with Gasteiger partial charge in [0.1, 0.15) is 6.10 Å². The molecule has 6 nitrogen and oxygen atoms in total. The summed E-state index contributed by atoms with van der Waals surface area (Å²) in [5, 5.41) is 7.88. The van der Waals surface area contributed by atoms with Gasteiger partial charge in [0.15, 0.2) is 10.8 Å². The standard InChI is InChI=1S/C16H18ClN3O3/c1-10(11-6-4-3-5-7-11)20-14(15(17)18-19-20)16(21)23-13-8-12(9-13)22-2/h3-7,10,12-13H,8-9H2,1-2H3/t10-,12-,13+/m1/s1. The molecule has 3 rings (SSSR count). The van der Waals surface area contributed by atoms with Crippen molar-refractivity contribution in [3.8, 4) is 0 Å². The van der Waals surface area contributed by atoms with Crippen LogP contribution in [-0.4, -0.2) is 40.3 Å². The Morgan fingerprint density at radius 1 is 1.30 bits per heavy atom. The molecular formula is C16H18ClN3O3. The molecule has 0 bridgehead atoms. The summed E-state index contributed by atoms with van der Waals surface area (Å²) < 4.78 is 12.2. The summed E-state index contributed by atoms with van der Waals surface area (Å²) >= 11 is 6.05. The first-order valence-electron chi connectivity index (χ1n) is 7.49. The number of ether oxygens (including phenoxy) is 2. The fourth-order valence-electron chi connectivity index (χ4n) is 2.61. The number of aromatic nitrogens is 3. The lowest BCUT2D eigenvalue weighted by atomic mass is 9.92. The highest BCUT2D eigenvalue weighted by molar-refractivity contribution is 6.32. The molecule has 0 spiro atoms. The topological polar surface area (TPSA) is 66.2 Å². The van der Waals surface area contributed by atoms with Crippen molar-refractivity contribution >= 4 is 17.6 Å². The lowest BCUT2D eigenvalue weighted by Crippen LogP contribution is -2.38. The Bertz CT molecular complexity index is 683. The van der Waals surface area contributed by atoms with Crippen LogP contribution < -0.4 is 0 Å². The van der Waals surface area contributed by atoms with Crippen LogP contribution >= 0.6 is 11.6 Å². The average Bonchev–Trinajstić information content (AvgIpc) is 2.92. The van der Waals surface area contributed by atoms with Crippen LogP contribution in [0.15, 0.2) is 30.3 Å². The predicted octanol–water partition coefficient (Wildman–Crippen LogP) is 2.88. The first-order valence-corrected chi connectivity index (χ1v) is 7.87. The third-order valence-electron chi connectivity index (χ3n) is 4.15. The molecule has 1 heterocycles. The van der Waals surface area contributed by atoms with Crippen molar-refractivity contribution in [3.63, 3.8) is 0 Å². The molecule has 0 aliphatic heterocycles. The molecule has 0 N–H and O–H groups in total. The van der Waals surface area contributed by atoms with Gasteiger partial charge in [-0.2, -0.15) is 0 Å². The minimum Gasteiger partial charge on any atom is -0.457 e. The van der Waals surface area contributed by atoms with E-state index in [-0.39, 0.29) is 29.1 Å². The van der Waals surface area contributed by atoms with Gasteiger partial charge in [-0.15, -0.1) is 5.10 Å². The maximum atomic E-state index is 12.4. The Morgan fingerprint density at radius 2 is 2.00 bits per heavy atom. The SMILES string of the molecule is CO[C@H]1C[C@@H](OC(=O)c2c(Cl)nnn2[C@H](C)c2ccccc2)C1. The molecule has 1 saturated carbocycles. The molecule has 0 amide bonds. The molecule has 1 aromatic heterocycles. The highest BCUT2D eigenvalue weighted by atomic mass is 35.5. The Labute approximate surface area is 139 Å². The molecule has 1 atom stereocenters. The van der Waals surface area contributed by atoms with E-state index in [2.05, 4.69) is 10.3 Å². The third kappa shape index (κ3) is 3.23. The molecule has 2 aromatic rings. The van der Waals surface area contributed by atoms with E-state index in [9.17, 15) is 4.79 Å². The van der Waals surface area contributed by atoms with Gasteiger partial charge in [0, 0.05) is 20.0 Å². The van der Waals surface area contributed by atoms with Crippen molar-refractivity contribution in [3.05, 3.63) is 46.7 Å². The number of rotatable bonds is 5. The van der Waals surface area contributed by atoms with Gasteiger partial charge in [0.05, 0.1) is 12.1 Å². The van der Waals surface area contributed by atoms with Gasteiger partial charge in [-0.3, -0.25) is 0 Å². The normalized spacial score (nSPS) is 21.5. The summed E-state index contributed by atoms with van der Waals surface area (Å²) in [6.45, 7) is 1.93. The molecule has 0 radical (unpaired) electrons. The van der Waals surface area contributed by atoms with Crippen LogP contribution in [0.4, 0.5) is 0 Å². The summed E-state index contributed by atoms with van der Waals surface area (Å²) in [6.07, 6.45) is 1.43. The largest absolute Gasteiger partial charge is 0.457 e. The number of hydrogen-bond donors (Lipinski definition) is 0. The molecule has 1 aliphatic carbocycles. The number of hydrogen-bond acceptors (Lipinski definition) is 5. The molecule has 7 heteroatoms. The lowest BCUT2D eigenvalue weighted by molar-refractivity contribution is -0.0646. The van der Waals surface area contributed by atoms with Crippen LogP contribution in [0.3, 0.4) is 0 Å². The van der Waals surface area contributed by atoms with E-state index in [0.29, 0.717) is 12.8 Å². The van der Waals surface area contributed by atoms with E-state index in [0.717, 1.165) is 5.56 Å². The Kier molecular flexibility index (Phi) is 4.63. The minimum atomic E-state index is -0.498. The zero-order valence-electron chi connectivity index (χ0n) is 13.0. The molecule has 0 unspecified atom stereocenters. The van der Waals surface area contributed by atoms with Gasteiger partial charge in [-0.05, 0) is 12.5 Å². The Balaban J connectivity index is 1.77. The summed E-state index contributed by atoms with van der Waals surface area (Å²) in [6, 6.07) is 9.55. The second-order valence-corrected chi connectivity index (χ2v) is 5.97. The predicted molar refractivity (Wildman–Crippen MR) is 84.5 cm³/mol. The van der Waals surface area contributed by atoms with Crippen LogP contribution in [0.2, 0.25) is 5.15 Å². The van der Waals surface area contributed by atoms with Crippen LogP contribution in [0.1, 0.15) is 41.9 Å². The molecular weight excluding hydrogens is 318 g/mol. The van der Waals surface area contributed by atoms with Crippen molar-refractivity contribution in [2.24, 2.45) is 0 Å². The Hall–Kier alpha value is -1.92. The average molecular weight is 336 g/mol. The molecule has 1 fully saturated rings. The van der Waals surface area contributed by atoms with Gasteiger partial charge in [0.25, 0.3) is 0 Å². The molecule has 1 aliphatic rings. The summed E-state index contributed by atoms with van der Waals surface area (Å²) in [4.78, 5) is 12.4. The zero-order chi connectivity index (χ0) is 16.4. The monoisotopic (exact) mass is 335 g/mol. The summed E-state index contributed by atoms with van der Waals surface area (Å²) in [5.74, 6) is -0.498. The Morgan fingerprint density at radius 3 is 2.65 bits per heavy atom. The zero-order valence-corrected chi connectivity index (χ0v) is 13.7. The van der Waals surface area contributed by atoms with E-state index in [1.807, 2.05) is 37.3 Å². The molecule has 122 valence electrons. The van der Waals surface area contributed by atoms with E-state index in [4.69, 9.17) is 21.1 Å². The van der Waals surface area contributed by atoms with Crippen molar-refractivity contribution in [2.75, 3.05) is 7.11 Å². The van der Waals surface area contributed by atoms with Crippen molar-refractivity contribution in [1.82, 2.24) is 15.0 Å². The molecule has 23 heavy (non-hydrogen) atoms. The first kappa shape index (κ1) is 16.0. The second kappa shape index (κ2) is 6.68. The number of carbonyl (C=O) groups is 1. The molecule has 1 aromatic carbocycles. The van der Waals surface area contributed by atoms with Crippen LogP contribution in [0, 0.1) is 0 Å². The summed E-state index contributed by atoms with van der Waals surface area (Å²) in [5.41, 5.74) is 1.19. The van der Waals surface area contributed by atoms with Crippen LogP contribution in [0.5, 0.6) is 0 Å². The van der Waals surface area contributed by atoms with Gasteiger partial charge >= 0.3 is 5.97 Å². The second-order valence-electron chi connectivity index (χ2n) is 5.62. The summed E-state index contributed by atoms with van der Waals surface area (Å²) in [7, 11) is 1.65. The molecule has 0 saturated heterocycles. The third-order valence-corrected chi connectivity index (χ3v) is 4.41. The smallest absolute Gasteiger partial charge is 0.360 e. The van der Waals surface area contributed by atoms with Crippen molar-refractivity contribution in [2.45, 2.75) is 38.0 Å². The van der Waals surface area contributed by atoms with Gasteiger partial charge in [-0.1, -0.05) is 47.1 Å². The maximum absolute atomic E-state index is 12.4. The van der Waals surface area contributed by atoms with Gasteiger partial charge in [-0.25, -0.2) is 9.48 Å². The van der Waals surface area contributed by atoms with E-state index in [1.54, 1.807) is 7.11 Å². The fraction of sp³-hybridized carbons (Fsp3) is 0.438. The fourth-order valence-corrected chi connectivity index (χ4v) is 2.81. The van der Waals surface area contributed by atoms with E-state index < -0.39 is 5.97 Å². The number of esters is 1. The number of halogens is 1. The highest BCUT2D eigenvalue weighted by Gasteiger charge is 2.34. The lowest BCUT2D eigenvalue weighted by Gasteiger charge is -2.33. The number of carbonyl (C=O) groups excluding carboxylic acids is 1. The van der Waals surface area contributed by atoms with Crippen molar-refractivity contribution in [1.29, 1.82) is 0 Å². The van der Waals surface area contributed by atoms with E-state index >= 15 is 0 Å². The first-order chi connectivity index (χ1) is 11.1. The minimum absolute atomic E-state index is 0.0559. The quantitative estimate of drug-likeness (QED) is 0.786. The van der Waals surface area contributed by atoms with Crippen LogP contribution in [-0.2, 0) is 9.47 Å². The number of methoxy groups -OCH3 is 1. The van der Waals surface area contributed by atoms with Gasteiger partial charge < -0.3 is 9.47 Å². The highest BCUT2D eigenvalue weighted by Crippen LogP contribution is 2.28. The van der Waals surface area contributed by atoms with E-state index in [1.165, 1.54) is 4.68 Å². The van der Waals surface area contributed by atoms with Crippen LogP contribution in [0.25, 0.3) is 0 Å². The van der Waals surface area contributed by atoms with Gasteiger partial charge in [0.2, 0.25) is 0 Å². The van der Waals surface area contributed by atoms with Crippen molar-refractivity contribution < 1.29 is 14.3 Å². The number of benzene rings is 1.